The van der Waals surface area contributed by atoms with Crippen LogP contribution in [0.15, 0.2) is 29.1 Å². The average Bonchev–Trinajstić information content (AvgIpc) is 2.91. The number of aryl methyl sites for hydroxylation is 1. The Morgan fingerprint density at radius 2 is 1.93 bits per heavy atom. The number of nitrogens with zero attached hydrogens (tertiary/aromatic N) is 4. The smallest absolute Gasteiger partial charge is 0.340 e. The van der Waals surface area contributed by atoms with Gasteiger partial charge in [0, 0.05) is 19.5 Å². The van der Waals surface area contributed by atoms with Crippen LogP contribution in [0.4, 0.5) is 5.82 Å². The molecular formula is C20H27N5O2S. The highest BCUT2D eigenvalue weighted by molar-refractivity contribution is 7.78. The number of benzene rings is 1. The Labute approximate surface area is 170 Å². The molecule has 0 saturated carbocycles. The van der Waals surface area contributed by atoms with Gasteiger partial charge < -0.3 is 10.1 Å². The molecule has 0 unspecified atom stereocenters. The zero-order valence-electron chi connectivity index (χ0n) is 16.8. The molecule has 0 spiro atoms. The summed E-state index contributed by atoms with van der Waals surface area (Å²) in [6.45, 7) is 7.39. The Morgan fingerprint density at radius 1 is 1.21 bits per heavy atom. The number of hydrogen-bond acceptors (Lipinski definition) is 6. The number of ether oxygens (including phenoxy) is 1. The van der Waals surface area contributed by atoms with Crippen LogP contribution in [0.5, 0.6) is 5.75 Å². The summed E-state index contributed by atoms with van der Waals surface area (Å²) in [6.07, 6.45) is 1.68. The maximum absolute atomic E-state index is 12.7. The molecule has 28 heavy (non-hydrogen) atoms. The van der Waals surface area contributed by atoms with Gasteiger partial charge >= 0.3 is 5.69 Å². The van der Waals surface area contributed by atoms with Crippen molar-refractivity contribution in [3.05, 3.63) is 46.1 Å². The van der Waals surface area contributed by atoms with Crippen molar-refractivity contribution in [3.63, 3.8) is 0 Å². The summed E-state index contributed by atoms with van der Waals surface area (Å²) in [5.41, 5.74) is 2.13. The van der Waals surface area contributed by atoms with E-state index in [1.807, 2.05) is 24.3 Å². The molecule has 1 aromatic carbocycles. The fourth-order valence-electron chi connectivity index (χ4n) is 3.09. The highest BCUT2D eigenvalue weighted by Gasteiger charge is 2.19. The molecule has 8 heteroatoms. The van der Waals surface area contributed by atoms with Gasteiger partial charge in [0.15, 0.2) is 11.5 Å². The van der Waals surface area contributed by atoms with Crippen LogP contribution >= 0.6 is 12.8 Å². The summed E-state index contributed by atoms with van der Waals surface area (Å²) in [7, 11) is 1.65. The van der Waals surface area contributed by atoms with Crippen LogP contribution in [0.25, 0.3) is 11.2 Å². The van der Waals surface area contributed by atoms with Gasteiger partial charge in [-0.2, -0.15) is 0 Å². The van der Waals surface area contributed by atoms with Gasteiger partial charge in [0.05, 0.1) is 7.11 Å². The number of thiol groups is 1. The second-order valence-electron chi connectivity index (χ2n) is 7.21. The summed E-state index contributed by atoms with van der Waals surface area (Å²) >= 11 is 4.42. The van der Waals surface area contributed by atoms with Crippen molar-refractivity contribution in [1.29, 1.82) is 0 Å². The minimum Gasteiger partial charge on any atom is -0.497 e. The Kier molecular flexibility index (Phi) is 6.28. The van der Waals surface area contributed by atoms with Crippen LogP contribution in [0.2, 0.25) is 0 Å². The predicted molar refractivity (Wildman–Crippen MR) is 115 cm³/mol. The van der Waals surface area contributed by atoms with E-state index >= 15 is 0 Å². The number of aromatic nitrogens is 4. The summed E-state index contributed by atoms with van der Waals surface area (Å²) in [4.78, 5) is 22.1. The molecule has 3 aromatic rings. The van der Waals surface area contributed by atoms with Crippen molar-refractivity contribution >= 4 is 29.8 Å². The molecule has 0 radical (unpaired) electrons. The number of rotatable bonds is 8. The quantitative estimate of drug-likeness (QED) is 0.565. The van der Waals surface area contributed by atoms with Gasteiger partial charge in [-0.05, 0) is 30.0 Å². The second-order valence-corrected chi connectivity index (χ2v) is 7.61. The van der Waals surface area contributed by atoms with E-state index in [-0.39, 0.29) is 5.69 Å². The van der Waals surface area contributed by atoms with Crippen molar-refractivity contribution in [2.45, 2.75) is 46.7 Å². The number of imidazole rings is 1. The predicted octanol–water partition coefficient (Wildman–Crippen LogP) is 3.52. The number of hydrogen-bond donors (Lipinski definition) is 2. The third-order valence-electron chi connectivity index (χ3n) is 4.43. The molecular weight excluding hydrogens is 374 g/mol. The minimum atomic E-state index is -0.192. The molecule has 2 heterocycles. The van der Waals surface area contributed by atoms with E-state index in [1.54, 1.807) is 11.7 Å². The van der Waals surface area contributed by atoms with Crippen LogP contribution in [0, 0.1) is 5.92 Å². The fraction of sp³-hybridized carbons (Fsp3) is 0.450. The van der Waals surface area contributed by atoms with Crippen LogP contribution in [-0.4, -0.2) is 25.6 Å². The number of methoxy groups -OCH3 is 1. The van der Waals surface area contributed by atoms with Crippen molar-refractivity contribution in [3.8, 4) is 5.75 Å². The molecule has 0 aliphatic heterocycles. The van der Waals surface area contributed by atoms with Gasteiger partial charge in [0.1, 0.15) is 17.1 Å². The van der Waals surface area contributed by atoms with Crippen LogP contribution < -0.4 is 15.7 Å². The van der Waals surface area contributed by atoms with E-state index in [4.69, 9.17) is 4.74 Å². The summed E-state index contributed by atoms with van der Waals surface area (Å²) < 4.78 is 8.23. The minimum absolute atomic E-state index is 0.192. The van der Waals surface area contributed by atoms with Gasteiger partial charge in [-0.1, -0.05) is 45.7 Å². The first-order valence-electron chi connectivity index (χ1n) is 9.52. The SMILES string of the molecule is CCCc1nc(NCc2ccc(OC)cc2)c2c(n1)n(CC(C)C)c(=O)n2S. The molecule has 0 aliphatic carbocycles. The van der Waals surface area contributed by atoms with E-state index in [9.17, 15) is 4.79 Å². The average molecular weight is 402 g/mol. The summed E-state index contributed by atoms with van der Waals surface area (Å²) in [6, 6.07) is 7.83. The Hall–Kier alpha value is -2.48. The van der Waals surface area contributed by atoms with Gasteiger partial charge in [-0.25, -0.2) is 18.7 Å². The third kappa shape index (κ3) is 4.16. The molecule has 0 atom stereocenters. The lowest BCUT2D eigenvalue weighted by Crippen LogP contribution is -2.22. The van der Waals surface area contributed by atoms with Crippen molar-refractivity contribution < 1.29 is 4.74 Å². The highest BCUT2D eigenvalue weighted by Crippen LogP contribution is 2.23. The molecule has 7 nitrogen and oxygen atoms in total. The van der Waals surface area contributed by atoms with E-state index < -0.39 is 0 Å². The molecule has 1 N–H and O–H groups in total. The lowest BCUT2D eigenvalue weighted by atomic mass is 10.2. The number of nitrogens with one attached hydrogen (secondary N) is 1. The standard InChI is InChI=1S/C20H27N5O2S/c1-5-6-16-22-18(21-11-14-7-9-15(27-4)10-8-14)17-19(23-16)24(12-13(2)3)20(26)25(17)28/h7-10,13,28H,5-6,11-12H2,1-4H3,(H,21,22,23). The normalized spacial score (nSPS) is 11.4. The highest BCUT2D eigenvalue weighted by atomic mass is 32.1. The molecule has 0 fully saturated rings. The lowest BCUT2D eigenvalue weighted by Gasteiger charge is -2.11. The Bertz CT molecular complexity index is 1010. The second kappa shape index (κ2) is 8.68. The van der Waals surface area contributed by atoms with E-state index in [1.165, 1.54) is 3.97 Å². The molecule has 0 aliphatic rings. The Balaban J connectivity index is 2.02. The van der Waals surface area contributed by atoms with Crippen LogP contribution in [-0.2, 0) is 19.5 Å². The monoisotopic (exact) mass is 401 g/mol. The number of anilines is 1. The fourth-order valence-corrected chi connectivity index (χ4v) is 3.38. The van der Waals surface area contributed by atoms with E-state index in [2.05, 4.69) is 48.9 Å². The summed E-state index contributed by atoms with van der Waals surface area (Å²) in [5, 5.41) is 3.36. The zero-order chi connectivity index (χ0) is 20.3. The molecule has 0 bridgehead atoms. The molecule has 0 saturated heterocycles. The molecule has 3 rings (SSSR count). The maximum atomic E-state index is 12.7. The van der Waals surface area contributed by atoms with Crippen LogP contribution in [0.1, 0.15) is 38.6 Å². The topological polar surface area (TPSA) is 74.0 Å². The van der Waals surface area contributed by atoms with Crippen molar-refractivity contribution in [1.82, 2.24) is 18.5 Å². The van der Waals surface area contributed by atoms with Crippen molar-refractivity contribution in [2.75, 3.05) is 12.4 Å². The third-order valence-corrected chi connectivity index (χ3v) is 4.80. The van der Waals surface area contributed by atoms with Crippen molar-refractivity contribution in [2.24, 2.45) is 5.92 Å². The summed E-state index contributed by atoms with van der Waals surface area (Å²) in [5.74, 6) is 2.48. The maximum Gasteiger partial charge on any atom is 0.340 e. The largest absolute Gasteiger partial charge is 0.497 e. The number of fused-ring (bicyclic) bond motifs is 1. The first-order valence-corrected chi connectivity index (χ1v) is 9.92. The molecule has 0 amide bonds. The van der Waals surface area contributed by atoms with E-state index in [0.717, 1.165) is 30.0 Å². The van der Waals surface area contributed by atoms with Gasteiger partial charge in [-0.15, -0.1) is 0 Å². The molecule has 2 aromatic heterocycles. The van der Waals surface area contributed by atoms with E-state index in [0.29, 0.717) is 36.0 Å². The van der Waals surface area contributed by atoms with Gasteiger partial charge in [0.25, 0.3) is 0 Å². The molecule has 150 valence electrons. The zero-order valence-corrected chi connectivity index (χ0v) is 17.7. The lowest BCUT2D eigenvalue weighted by molar-refractivity contribution is 0.414. The van der Waals surface area contributed by atoms with Crippen LogP contribution in [0.3, 0.4) is 0 Å². The first kappa shape index (κ1) is 20.3. The van der Waals surface area contributed by atoms with Gasteiger partial charge in [-0.3, -0.25) is 4.57 Å². The van der Waals surface area contributed by atoms with Gasteiger partial charge in [0.2, 0.25) is 0 Å². The Morgan fingerprint density at radius 3 is 2.54 bits per heavy atom. The first-order chi connectivity index (χ1) is 13.4.